The molecule has 0 aromatic carbocycles. The summed E-state index contributed by atoms with van der Waals surface area (Å²) in [6.07, 6.45) is 2.68. The van der Waals surface area contributed by atoms with Crippen LogP contribution in [0.1, 0.15) is 10.4 Å². The molecule has 2 rings (SSSR count). The van der Waals surface area contributed by atoms with Gasteiger partial charge < -0.3 is 15.3 Å². The number of hydrogen-bond donors (Lipinski definition) is 2. The van der Waals surface area contributed by atoms with Crippen molar-refractivity contribution in [3.05, 3.63) is 18.0 Å². The molecule has 0 unspecified atom stereocenters. The molecule has 1 saturated heterocycles. The highest BCUT2D eigenvalue weighted by atomic mass is 16.4. The summed E-state index contributed by atoms with van der Waals surface area (Å²) in [7, 11) is 0. The van der Waals surface area contributed by atoms with E-state index in [-0.39, 0.29) is 5.56 Å². The van der Waals surface area contributed by atoms with Crippen LogP contribution >= 0.6 is 0 Å². The summed E-state index contributed by atoms with van der Waals surface area (Å²) in [5.74, 6) is -0.400. The lowest BCUT2D eigenvalue weighted by Crippen LogP contribution is -2.44. The molecule has 0 aliphatic carbocycles. The molecule has 1 aromatic rings. The van der Waals surface area contributed by atoms with Gasteiger partial charge in [-0.3, -0.25) is 0 Å². The second-order valence-corrected chi connectivity index (χ2v) is 3.31. The number of aromatic carboxylic acids is 1. The number of aromatic nitrogens is 2. The average molecular weight is 208 g/mol. The molecule has 1 fully saturated rings. The third-order valence-electron chi connectivity index (χ3n) is 2.28. The molecule has 0 radical (unpaired) electrons. The largest absolute Gasteiger partial charge is 0.478 e. The van der Waals surface area contributed by atoms with Crippen molar-refractivity contribution in [1.29, 1.82) is 0 Å². The van der Waals surface area contributed by atoms with E-state index >= 15 is 0 Å². The molecule has 0 bridgehead atoms. The highest BCUT2D eigenvalue weighted by Gasteiger charge is 2.13. The molecule has 0 saturated carbocycles. The highest BCUT2D eigenvalue weighted by Crippen LogP contribution is 2.07. The van der Waals surface area contributed by atoms with Crippen molar-refractivity contribution in [3.63, 3.8) is 0 Å². The van der Waals surface area contributed by atoms with Crippen LogP contribution in [0.25, 0.3) is 0 Å². The molecule has 15 heavy (non-hydrogen) atoms. The van der Waals surface area contributed by atoms with Crippen LogP contribution in [0.4, 0.5) is 5.95 Å². The first-order valence-corrected chi connectivity index (χ1v) is 4.78. The summed E-state index contributed by atoms with van der Waals surface area (Å²) in [5.41, 5.74) is 0.119. The lowest BCUT2D eigenvalue weighted by Gasteiger charge is -2.27. The minimum Gasteiger partial charge on any atom is -0.478 e. The maximum Gasteiger partial charge on any atom is 0.338 e. The number of nitrogens with one attached hydrogen (secondary N) is 1. The molecular weight excluding hydrogens is 196 g/mol. The van der Waals surface area contributed by atoms with Gasteiger partial charge in [-0.2, -0.15) is 0 Å². The second kappa shape index (κ2) is 4.22. The molecule has 2 heterocycles. The van der Waals surface area contributed by atoms with Gasteiger partial charge in [0.25, 0.3) is 0 Å². The van der Waals surface area contributed by atoms with Crippen molar-refractivity contribution in [2.75, 3.05) is 31.1 Å². The fourth-order valence-electron chi connectivity index (χ4n) is 1.46. The first-order chi connectivity index (χ1) is 7.27. The van der Waals surface area contributed by atoms with E-state index in [1.54, 1.807) is 0 Å². The van der Waals surface area contributed by atoms with Crippen LogP contribution in [0.3, 0.4) is 0 Å². The number of hydrogen-bond acceptors (Lipinski definition) is 5. The maximum atomic E-state index is 10.6. The van der Waals surface area contributed by atoms with Gasteiger partial charge in [0.15, 0.2) is 0 Å². The third-order valence-corrected chi connectivity index (χ3v) is 2.28. The van der Waals surface area contributed by atoms with Crippen LogP contribution in [0.5, 0.6) is 0 Å². The van der Waals surface area contributed by atoms with Gasteiger partial charge in [-0.1, -0.05) is 0 Å². The predicted molar refractivity (Wildman–Crippen MR) is 54.1 cm³/mol. The van der Waals surface area contributed by atoms with Crippen molar-refractivity contribution < 1.29 is 9.90 Å². The topological polar surface area (TPSA) is 78.3 Å². The summed E-state index contributed by atoms with van der Waals surface area (Å²) in [4.78, 5) is 20.7. The SMILES string of the molecule is O=C(O)c1cnc(N2CCNCC2)nc1. The number of carboxylic acids is 1. The molecule has 0 spiro atoms. The van der Waals surface area contributed by atoms with Gasteiger partial charge in [0.05, 0.1) is 5.56 Å². The Balaban J connectivity index is 2.11. The minimum absolute atomic E-state index is 0.119. The first kappa shape index (κ1) is 9.85. The zero-order chi connectivity index (χ0) is 10.7. The Morgan fingerprint density at radius 3 is 2.47 bits per heavy atom. The number of nitrogens with zero attached hydrogens (tertiary/aromatic N) is 3. The molecule has 0 atom stereocenters. The minimum atomic E-state index is -0.998. The van der Waals surface area contributed by atoms with E-state index in [9.17, 15) is 4.79 Å². The molecule has 0 amide bonds. The molecule has 6 heteroatoms. The first-order valence-electron chi connectivity index (χ1n) is 4.78. The molecule has 1 aliphatic heterocycles. The van der Waals surface area contributed by atoms with Crippen LogP contribution in [0.2, 0.25) is 0 Å². The molecule has 2 N–H and O–H groups in total. The molecular formula is C9H12N4O2. The van der Waals surface area contributed by atoms with Crippen molar-refractivity contribution in [2.24, 2.45) is 0 Å². The zero-order valence-corrected chi connectivity index (χ0v) is 8.18. The third kappa shape index (κ3) is 2.21. The van der Waals surface area contributed by atoms with Crippen LogP contribution in [0, 0.1) is 0 Å². The summed E-state index contributed by atoms with van der Waals surface area (Å²) < 4.78 is 0. The van der Waals surface area contributed by atoms with E-state index in [0.717, 1.165) is 26.2 Å². The van der Waals surface area contributed by atoms with Crippen molar-refractivity contribution >= 4 is 11.9 Å². The van der Waals surface area contributed by atoms with Crippen LogP contribution in [0.15, 0.2) is 12.4 Å². The van der Waals surface area contributed by atoms with Crippen LogP contribution in [-0.4, -0.2) is 47.2 Å². The van der Waals surface area contributed by atoms with Gasteiger partial charge in [0.2, 0.25) is 5.95 Å². The standard InChI is InChI=1S/C9H12N4O2/c14-8(15)7-5-11-9(12-6-7)13-3-1-10-2-4-13/h5-6,10H,1-4H2,(H,14,15). The average Bonchev–Trinajstić information content (AvgIpc) is 2.30. The number of anilines is 1. The monoisotopic (exact) mass is 208 g/mol. The number of rotatable bonds is 2. The summed E-state index contributed by atoms with van der Waals surface area (Å²) >= 11 is 0. The Morgan fingerprint density at radius 2 is 1.93 bits per heavy atom. The molecule has 1 aromatic heterocycles. The number of carboxylic acid groups (broad SMARTS) is 1. The number of carbonyl (C=O) groups is 1. The number of piperazine rings is 1. The van der Waals surface area contributed by atoms with E-state index in [1.165, 1.54) is 12.4 Å². The Hall–Kier alpha value is -1.69. The van der Waals surface area contributed by atoms with Gasteiger partial charge in [0.1, 0.15) is 0 Å². The zero-order valence-electron chi connectivity index (χ0n) is 8.18. The van der Waals surface area contributed by atoms with E-state index in [4.69, 9.17) is 5.11 Å². The lowest BCUT2D eigenvalue weighted by atomic mass is 10.3. The second-order valence-electron chi connectivity index (χ2n) is 3.31. The van der Waals surface area contributed by atoms with E-state index in [1.807, 2.05) is 4.90 Å². The molecule has 80 valence electrons. The van der Waals surface area contributed by atoms with E-state index < -0.39 is 5.97 Å². The maximum absolute atomic E-state index is 10.6. The fourth-order valence-corrected chi connectivity index (χ4v) is 1.46. The Morgan fingerprint density at radius 1 is 1.33 bits per heavy atom. The van der Waals surface area contributed by atoms with Gasteiger partial charge in [-0.15, -0.1) is 0 Å². The highest BCUT2D eigenvalue weighted by molar-refractivity contribution is 5.86. The van der Waals surface area contributed by atoms with Gasteiger partial charge >= 0.3 is 5.97 Å². The van der Waals surface area contributed by atoms with Crippen LogP contribution in [-0.2, 0) is 0 Å². The van der Waals surface area contributed by atoms with Crippen molar-refractivity contribution in [2.45, 2.75) is 0 Å². The summed E-state index contributed by atoms with van der Waals surface area (Å²) in [6.45, 7) is 3.52. The normalized spacial score (nSPS) is 16.4. The van der Waals surface area contributed by atoms with Gasteiger partial charge in [-0.05, 0) is 0 Å². The predicted octanol–water partition coefficient (Wildman–Crippen LogP) is -0.416. The van der Waals surface area contributed by atoms with Gasteiger partial charge in [0, 0.05) is 38.6 Å². The van der Waals surface area contributed by atoms with Gasteiger partial charge in [-0.25, -0.2) is 14.8 Å². The quantitative estimate of drug-likeness (QED) is 0.687. The lowest BCUT2D eigenvalue weighted by molar-refractivity contribution is 0.0696. The van der Waals surface area contributed by atoms with Crippen molar-refractivity contribution in [1.82, 2.24) is 15.3 Å². The molecule has 6 nitrogen and oxygen atoms in total. The molecule has 1 aliphatic rings. The Kier molecular flexibility index (Phi) is 2.77. The van der Waals surface area contributed by atoms with Crippen molar-refractivity contribution in [3.8, 4) is 0 Å². The Bertz CT molecular complexity index is 346. The summed E-state index contributed by atoms with van der Waals surface area (Å²) in [5, 5.41) is 11.9. The van der Waals surface area contributed by atoms with E-state index in [2.05, 4.69) is 15.3 Å². The van der Waals surface area contributed by atoms with Crippen LogP contribution < -0.4 is 10.2 Å². The fraction of sp³-hybridized carbons (Fsp3) is 0.444. The smallest absolute Gasteiger partial charge is 0.338 e. The Labute approximate surface area is 87.0 Å². The summed E-state index contributed by atoms with van der Waals surface area (Å²) in [6, 6.07) is 0. The van der Waals surface area contributed by atoms with E-state index in [0.29, 0.717) is 5.95 Å².